The van der Waals surface area contributed by atoms with Crippen LogP contribution in [0.1, 0.15) is 25.0 Å². The molecule has 0 bridgehead atoms. The fourth-order valence-electron chi connectivity index (χ4n) is 3.25. The summed E-state index contributed by atoms with van der Waals surface area (Å²) in [6.07, 6.45) is 4.04. The highest BCUT2D eigenvalue weighted by Gasteiger charge is 2.14. The van der Waals surface area contributed by atoms with Gasteiger partial charge in [-0.15, -0.1) is 0 Å². The van der Waals surface area contributed by atoms with E-state index >= 15 is 0 Å². The fourth-order valence-corrected chi connectivity index (χ4v) is 3.45. The highest BCUT2D eigenvalue weighted by atomic mass is 35.5. The quantitative estimate of drug-likeness (QED) is 0.368. The number of ether oxygens (including phenoxy) is 2. The van der Waals surface area contributed by atoms with Gasteiger partial charge in [0.05, 0.1) is 18.2 Å². The Labute approximate surface area is 186 Å². The summed E-state index contributed by atoms with van der Waals surface area (Å²) in [7, 11) is 0. The number of hydrogen-bond donors (Lipinski definition) is 2. The molecule has 3 rings (SSSR count). The molecule has 6 nitrogen and oxygen atoms in total. The van der Waals surface area contributed by atoms with Gasteiger partial charge < -0.3 is 19.8 Å². The van der Waals surface area contributed by atoms with E-state index in [-0.39, 0.29) is 5.57 Å². The molecule has 0 atom stereocenters. The number of nitrogens with zero attached hydrogens (tertiary/aromatic N) is 1. The van der Waals surface area contributed by atoms with Crippen molar-refractivity contribution in [3.8, 4) is 17.6 Å². The third kappa shape index (κ3) is 5.39. The van der Waals surface area contributed by atoms with Crippen LogP contribution >= 0.6 is 11.6 Å². The largest absolute Gasteiger partial charge is 0.490 e. The number of benzene rings is 2. The summed E-state index contributed by atoms with van der Waals surface area (Å²) >= 11 is 6.35. The Hall–Kier alpha value is -3.43. The SMILES string of the molecule is CCOc1cc(Cl)c(/C=C(/C#N)C(=O)NCCc2c[nH]c3ccccc23)cc1OCC. The molecule has 1 aromatic heterocycles. The minimum Gasteiger partial charge on any atom is -0.490 e. The average molecular weight is 438 g/mol. The van der Waals surface area contributed by atoms with Crippen LogP contribution in [0.3, 0.4) is 0 Å². The number of aromatic amines is 1. The Morgan fingerprint density at radius 1 is 1.19 bits per heavy atom. The average Bonchev–Trinajstić information content (AvgIpc) is 3.18. The smallest absolute Gasteiger partial charge is 0.261 e. The molecule has 160 valence electrons. The van der Waals surface area contributed by atoms with Crippen LogP contribution in [-0.2, 0) is 11.2 Å². The van der Waals surface area contributed by atoms with Gasteiger partial charge in [0, 0.05) is 29.7 Å². The predicted octanol–water partition coefficient (Wildman–Crippen LogP) is 4.88. The van der Waals surface area contributed by atoms with Crippen molar-refractivity contribution in [2.24, 2.45) is 0 Å². The van der Waals surface area contributed by atoms with E-state index in [2.05, 4.69) is 10.3 Å². The van der Waals surface area contributed by atoms with Gasteiger partial charge in [-0.3, -0.25) is 4.79 Å². The van der Waals surface area contributed by atoms with E-state index in [1.165, 1.54) is 6.08 Å². The standard InChI is InChI=1S/C24H24ClN3O3/c1-3-30-22-12-17(20(25)13-23(22)31-4-2)11-18(14-26)24(29)27-10-9-16-15-28-21-8-6-5-7-19(16)21/h5-8,11-13,15,28H,3-4,9-10H2,1-2H3,(H,27,29)/b18-11-. The summed E-state index contributed by atoms with van der Waals surface area (Å²) in [5.74, 6) is 0.579. The Kier molecular flexibility index (Phi) is 7.58. The van der Waals surface area contributed by atoms with Crippen LogP contribution in [0.15, 0.2) is 48.2 Å². The third-order valence-corrected chi connectivity index (χ3v) is 5.01. The van der Waals surface area contributed by atoms with Crippen LogP contribution in [0, 0.1) is 11.3 Å². The summed E-state index contributed by atoms with van der Waals surface area (Å²) in [5.41, 5.74) is 2.63. The van der Waals surface area contributed by atoms with Gasteiger partial charge in [-0.25, -0.2) is 0 Å². The Balaban J connectivity index is 1.72. The third-order valence-electron chi connectivity index (χ3n) is 4.68. The number of fused-ring (bicyclic) bond motifs is 1. The van der Waals surface area contributed by atoms with Gasteiger partial charge in [0.15, 0.2) is 11.5 Å². The molecule has 3 aromatic rings. The lowest BCUT2D eigenvalue weighted by Gasteiger charge is -2.13. The lowest BCUT2D eigenvalue weighted by Crippen LogP contribution is -2.26. The van der Waals surface area contributed by atoms with E-state index in [4.69, 9.17) is 21.1 Å². The first-order valence-electron chi connectivity index (χ1n) is 10.1. The van der Waals surface area contributed by atoms with Gasteiger partial charge in [0.1, 0.15) is 11.6 Å². The summed E-state index contributed by atoms with van der Waals surface area (Å²) in [6, 6.07) is 13.2. The first kappa shape index (κ1) is 22.3. The molecule has 2 aromatic carbocycles. The Morgan fingerprint density at radius 3 is 2.61 bits per heavy atom. The van der Waals surface area contributed by atoms with Crippen molar-refractivity contribution in [2.45, 2.75) is 20.3 Å². The van der Waals surface area contributed by atoms with Gasteiger partial charge in [0.2, 0.25) is 0 Å². The zero-order valence-corrected chi connectivity index (χ0v) is 18.3. The molecule has 0 spiro atoms. The number of aromatic nitrogens is 1. The van der Waals surface area contributed by atoms with Gasteiger partial charge in [-0.2, -0.15) is 5.26 Å². The maximum atomic E-state index is 12.6. The predicted molar refractivity (Wildman–Crippen MR) is 122 cm³/mol. The minimum absolute atomic E-state index is 0.0348. The second-order valence-corrected chi connectivity index (χ2v) is 7.13. The molecule has 0 aliphatic heterocycles. The number of amides is 1. The van der Waals surface area contributed by atoms with Gasteiger partial charge >= 0.3 is 0 Å². The number of para-hydroxylation sites is 1. The number of nitrogens with one attached hydrogen (secondary N) is 2. The van der Waals surface area contributed by atoms with E-state index < -0.39 is 5.91 Å². The van der Waals surface area contributed by atoms with E-state index in [0.29, 0.717) is 48.3 Å². The lowest BCUT2D eigenvalue weighted by molar-refractivity contribution is -0.117. The van der Waals surface area contributed by atoms with Crippen LogP contribution in [0.5, 0.6) is 11.5 Å². The normalized spacial score (nSPS) is 11.2. The van der Waals surface area contributed by atoms with Crippen molar-refractivity contribution in [2.75, 3.05) is 19.8 Å². The Morgan fingerprint density at radius 2 is 1.90 bits per heavy atom. The maximum absolute atomic E-state index is 12.6. The summed E-state index contributed by atoms with van der Waals surface area (Å²) in [4.78, 5) is 15.8. The van der Waals surface area contributed by atoms with Crippen LogP contribution < -0.4 is 14.8 Å². The van der Waals surface area contributed by atoms with Crippen LogP contribution in [0.25, 0.3) is 17.0 Å². The van der Waals surface area contributed by atoms with E-state index in [1.807, 2.05) is 50.4 Å². The van der Waals surface area contributed by atoms with Gasteiger partial charge in [0.25, 0.3) is 5.91 Å². The topological polar surface area (TPSA) is 87.1 Å². The van der Waals surface area contributed by atoms with Crippen molar-refractivity contribution < 1.29 is 14.3 Å². The molecule has 7 heteroatoms. The molecule has 0 saturated heterocycles. The number of hydrogen-bond acceptors (Lipinski definition) is 4. The zero-order chi connectivity index (χ0) is 22.2. The minimum atomic E-state index is -0.453. The number of rotatable bonds is 9. The summed E-state index contributed by atoms with van der Waals surface area (Å²) in [6.45, 7) is 5.05. The molecular formula is C24H24ClN3O3. The molecule has 0 aliphatic carbocycles. The fraction of sp³-hybridized carbons (Fsp3) is 0.250. The monoisotopic (exact) mass is 437 g/mol. The second-order valence-electron chi connectivity index (χ2n) is 6.72. The lowest BCUT2D eigenvalue weighted by atomic mass is 10.1. The Bertz CT molecular complexity index is 1140. The van der Waals surface area contributed by atoms with Crippen LogP contribution in [-0.4, -0.2) is 30.6 Å². The molecule has 0 fully saturated rings. The number of H-pyrrole nitrogens is 1. The van der Waals surface area contributed by atoms with Crippen LogP contribution in [0.2, 0.25) is 5.02 Å². The highest BCUT2D eigenvalue weighted by molar-refractivity contribution is 6.32. The molecule has 1 heterocycles. The molecule has 2 N–H and O–H groups in total. The van der Waals surface area contributed by atoms with Gasteiger partial charge in [-0.05, 0) is 49.6 Å². The van der Waals surface area contributed by atoms with E-state index in [9.17, 15) is 10.1 Å². The molecular weight excluding hydrogens is 414 g/mol. The second kappa shape index (κ2) is 10.6. The molecule has 0 saturated carbocycles. The molecule has 31 heavy (non-hydrogen) atoms. The van der Waals surface area contributed by atoms with Crippen molar-refractivity contribution in [1.82, 2.24) is 10.3 Å². The molecule has 0 aliphatic rings. The number of carbonyl (C=O) groups excluding carboxylic acids is 1. The summed E-state index contributed by atoms with van der Waals surface area (Å²) < 4.78 is 11.1. The number of halogens is 1. The van der Waals surface area contributed by atoms with Crippen molar-refractivity contribution in [3.63, 3.8) is 0 Å². The molecule has 0 radical (unpaired) electrons. The van der Waals surface area contributed by atoms with Gasteiger partial charge in [-0.1, -0.05) is 29.8 Å². The number of nitriles is 1. The highest BCUT2D eigenvalue weighted by Crippen LogP contribution is 2.34. The van der Waals surface area contributed by atoms with Crippen molar-refractivity contribution in [3.05, 3.63) is 64.3 Å². The van der Waals surface area contributed by atoms with Crippen LogP contribution in [0.4, 0.5) is 0 Å². The van der Waals surface area contributed by atoms with Crippen molar-refractivity contribution >= 4 is 34.5 Å². The zero-order valence-electron chi connectivity index (χ0n) is 17.5. The van der Waals surface area contributed by atoms with Crippen molar-refractivity contribution in [1.29, 1.82) is 5.26 Å². The maximum Gasteiger partial charge on any atom is 0.261 e. The first-order valence-corrected chi connectivity index (χ1v) is 10.5. The molecule has 1 amide bonds. The first-order chi connectivity index (χ1) is 15.1. The van der Waals surface area contributed by atoms with E-state index in [0.717, 1.165) is 16.5 Å². The molecule has 0 unspecified atom stereocenters. The number of carbonyl (C=O) groups is 1. The van der Waals surface area contributed by atoms with E-state index in [1.54, 1.807) is 12.1 Å². The summed E-state index contributed by atoms with van der Waals surface area (Å²) in [5, 5.41) is 13.8.